The second-order valence-electron chi connectivity index (χ2n) is 18.2. The SMILES string of the molecule is Oc1c(CN[C@@H]2CCCC[C@H]2NCc2cc3ccccc3c(-c3cc(OCc4ccccc4)cc4ccccc34)c2O)cc2ccccc2c1-c1cc(OCc2ccccc2)cc2ccccc12. The van der Waals surface area contributed by atoms with Crippen molar-refractivity contribution < 1.29 is 19.7 Å². The van der Waals surface area contributed by atoms with Crippen LogP contribution in [0.1, 0.15) is 47.9 Å². The molecule has 0 bridgehead atoms. The van der Waals surface area contributed by atoms with E-state index in [-0.39, 0.29) is 23.6 Å². The van der Waals surface area contributed by atoms with Crippen LogP contribution >= 0.6 is 0 Å². The van der Waals surface area contributed by atoms with Crippen LogP contribution in [0.4, 0.5) is 0 Å². The maximum absolute atomic E-state index is 12.4. The molecule has 10 aromatic rings. The molecule has 0 aromatic heterocycles. The fourth-order valence-electron chi connectivity index (χ4n) is 10.3. The van der Waals surface area contributed by atoms with E-state index in [0.29, 0.717) is 26.3 Å². The molecule has 0 saturated heterocycles. The highest BCUT2D eigenvalue weighted by atomic mass is 16.5. The lowest BCUT2D eigenvalue weighted by Crippen LogP contribution is -2.49. The first-order chi connectivity index (χ1) is 33.5. The topological polar surface area (TPSA) is 83.0 Å². The van der Waals surface area contributed by atoms with Crippen molar-refractivity contribution in [3.63, 3.8) is 0 Å². The number of benzene rings is 10. The molecule has 2 atom stereocenters. The van der Waals surface area contributed by atoms with Gasteiger partial charge in [-0.25, -0.2) is 0 Å². The molecule has 1 aliphatic carbocycles. The van der Waals surface area contributed by atoms with Crippen molar-refractivity contribution in [2.75, 3.05) is 0 Å². The largest absolute Gasteiger partial charge is 0.507 e. The smallest absolute Gasteiger partial charge is 0.128 e. The van der Waals surface area contributed by atoms with Crippen molar-refractivity contribution in [2.45, 2.75) is 64.1 Å². The Labute approximate surface area is 397 Å². The van der Waals surface area contributed by atoms with Gasteiger partial charge in [0.25, 0.3) is 0 Å². The number of hydrogen-bond acceptors (Lipinski definition) is 6. The quantitative estimate of drug-likeness (QED) is 0.0871. The van der Waals surface area contributed by atoms with Gasteiger partial charge in [-0.3, -0.25) is 0 Å². The van der Waals surface area contributed by atoms with E-state index in [0.717, 1.165) is 125 Å². The maximum Gasteiger partial charge on any atom is 0.128 e. The number of phenolic OH excluding ortho intramolecular Hbond substituents is 2. The van der Waals surface area contributed by atoms with E-state index >= 15 is 0 Å². The van der Waals surface area contributed by atoms with Gasteiger partial charge in [0.2, 0.25) is 0 Å². The number of aromatic hydroxyl groups is 2. The number of rotatable bonds is 14. The van der Waals surface area contributed by atoms with E-state index in [1.807, 2.05) is 60.7 Å². The molecule has 6 nitrogen and oxygen atoms in total. The molecule has 0 spiro atoms. The summed E-state index contributed by atoms with van der Waals surface area (Å²) in [5.41, 5.74) is 7.38. The van der Waals surface area contributed by atoms with E-state index in [9.17, 15) is 10.2 Å². The molecule has 4 N–H and O–H groups in total. The second kappa shape index (κ2) is 19.3. The molecule has 1 aliphatic rings. The van der Waals surface area contributed by atoms with Crippen molar-refractivity contribution in [1.29, 1.82) is 0 Å². The number of fused-ring (bicyclic) bond motifs is 4. The van der Waals surface area contributed by atoms with Gasteiger partial charge in [0, 0.05) is 47.4 Å². The first-order valence-corrected chi connectivity index (χ1v) is 23.9. The standard InChI is InChI=1S/C62H54N2O4/c65-61-47(31-43-21-9-13-27-53(43)59(61)55-35-49(33-45-23-7-11-25-51(45)55)67-39-41-17-3-1-4-18-41)37-63-57-29-15-16-30-58(57)64-38-48-32-44-22-10-14-28-54(44)60(62(48)66)56-36-50(34-46-24-8-12-26-52(46)56)68-40-42-19-5-2-6-20-42/h1-14,17-28,31-36,57-58,63-66H,15-16,29-30,37-40H2/t57-,58-/m1/s1. The molecule has 10 aromatic carbocycles. The van der Waals surface area contributed by atoms with Crippen LogP contribution in [0.5, 0.6) is 23.0 Å². The molecule has 11 rings (SSSR count). The van der Waals surface area contributed by atoms with E-state index in [1.54, 1.807) is 0 Å². The Morgan fingerprint density at radius 1 is 0.397 bits per heavy atom. The number of phenols is 2. The summed E-state index contributed by atoms with van der Waals surface area (Å²) in [4.78, 5) is 0. The third kappa shape index (κ3) is 8.84. The van der Waals surface area contributed by atoms with Gasteiger partial charge in [0.15, 0.2) is 0 Å². The van der Waals surface area contributed by atoms with Crippen molar-refractivity contribution in [2.24, 2.45) is 0 Å². The van der Waals surface area contributed by atoms with Crippen molar-refractivity contribution in [1.82, 2.24) is 10.6 Å². The Balaban J connectivity index is 0.882. The molecule has 1 fully saturated rings. The van der Waals surface area contributed by atoms with Gasteiger partial charge in [-0.05, 0) is 115 Å². The number of ether oxygens (including phenoxy) is 2. The predicted molar refractivity (Wildman–Crippen MR) is 278 cm³/mol. The van der Waals surface area contributed by atoms with Crippen molar-refractivity contribution in [3.8, 4) is 45.3 Å². The third-order valence-electron chi connectivity index (χ3n) is 13.8. The Morgan fingerprint density at radius 3 is 1.16 bits per heavy atom. The van der Waals surface area contributed by atoms with Crippen LogP contribution in [0.15, 0.2) is 194 Å². The summed E-state index contributed by atoms with van der Waals surface area (Å²) in [6.45, 7) is 1.89. The van der Waals surface area contributed by atoms with Crippen molar-refractivity contribution >= 4 is 43.1 Å². The van der Waals surface area contributed by atoms with E-state index in [4.69, 9.17) is 9.47 Å². The van der Waals surface area contributed by atoms with Gasteiger partial charge in [0.05, 0.1) is 0 Å². The lowest BCUT2D eigenvalue weighted by molar-refractivity contribution is 0.279. The average molecular weight is 891 g/mol. The summed E-state index contributed by atoms with van der Waals surface area (Å²) in [5, 5.41) is 41.0. The van der Waals surface area contributed by atoms with Gasteiger partial charge in [0.1, 0.15) is 36.2 Å². The summed E-state index contributed by atoms with van der Waals surface area (Å²) >= 11 is 0. The molecular weight excluding hydrogens is 837 g/mol. The molecule has 0 amide bonds. The molecule has 0 heterocycles. The number of hydrogen-bond donors (Lipinski definition) is 4. The Bertz CT molecular complexity index is 3180. The van der Waals surface area contributed by atoms with Gasteiger partial charge >= 0.3 is 0 Å². The van der Waals surface area contributed by atoms with E-state index < -0.39 is 0 Å². The van der Waals surface area contributed by atoms with Crippen LogP contribution in [-0.4, -0.2) is 22.3 Å². The fraction of sp³-hybridized carbons (Fsp3) is 0.161. The van der Waals surface area contributed by atoms with Crippen LogP contribution in [0.25, 0.3) is 65.3 Å². The summed E-state index contributed by atoms with van der Waals surface area (Å²) in [6, 6.07) is 66.6. The summed E-state index contributed by atoms with van der Waals surface area (Å²) in [5.74, 6) is 2.06. The molecule has 0 radical (unpaired) electrons. The summed E-state index contributed by atoms with van der Waals surface area (Å²) < 4.78 is 12.8. The summed E-state index contributed by atoms with van der Waals surface area (Å²) in [7, 11) is 0. The predicted octanol–water partition coefficient (Wildman–Crippen LogP) is 14.4. The Kier molecular flexibility index (Phi) is 12.2. The van der Waals surface area contributed by atoms with Crippen LogP contribution in [0, 0.1) is 0 Å². The lowest BCUT2D eigenvalue weighted by atomic mass is 9.88. The average Bonchev–Trinajstić information content (AvgIpc) is 3.39. The minimum atomic E-state index is 0.151. The first-order valence-electron chi connectivity index (χ1n) is 23.9. The first kappa shape index (κ1) is 43.0. The minimum absolute atomic E-state index is 0.151. The molecule has 1 saturated carbocycles. The maximum atomic E-state index is 12.4. The zero-order valence-corrected chi connectivity index (χ0v) is 38.0. The molecule has 336 valence electrons. The van der Waals surface area contributed by atoms with Gasteiger partial charge in [-0.2, -0.15) is 0 Å². The monoisotopic (exact) mass is 890 g/mol. The third-order valence-corrected chi connectivity index (χ3v) is 13.8. The summed E-state index contributed by atoms with van der Waals surface area (Å²) in [6.07, 6.45) is 4.24. The molecule has 6 heteroatoms. The zero-order chi connectivity index (χ0) is 45.8. The van der Waals surface area contributed by atoms with Gasteiger partial charge in [-0.15, -0.1) is 0 Å². The van der Waals surface area contributed by atoms with Crippen LogP contribution in [0.2, 0.25) is 0 Å². The normalized spacial score (nSPS) is 15.0. The van der Waals surface area contributed by atoms with Gasteiger partial charge in [-0.1, -0.05) is 171 Å². The van der Waals surface area contributed by atoms with E-state index in [2.05, 4.69) is 144 Å². The number of nitrogens with one attached hydrogen (secondary N) is 2. The second-order valence-corrected chi connectivity index (χ2v) is 18.2. The van der Waals surface area contributed by atoms with Crippen LogP contribution in [0.3, 0.4) is 0 Å². The Hall–Kier alpha value is -7.64. The highest BCUT2D eigenvalue weighted by Crippen LogP contribution is 2.46. The van der Waals surface area contributed by atoms with Crippen LogP contribution in [-0.2, 0) is 26.3 Å². The van der Waals surface area contributed by atoms with Gasteiger partial charge < -0.3 is 30.3 Å². The molecule has 68 heavy (non-hydrogen) atoms. The van der Waals surface area contributed by atoms with E-state index in [1.165, 1.54) is 0 Å². The minimum Gasteiger partial charge on any atom is -0.507 e. The van der Waals surface area contributed by atoms with Crippen molar-refractivity contribution in [3.05, 3.63) is 216 Å². The molecular formula is C62H54N2O4. The molecule has 0 aliphatic heterocycles. The highest BCUT2D eigenvalue weighted by molar-refractivity contribution is 6.10. The zero-order valence-electron chi connectivity index (χ0n) is 38.0. The lowest BCUT2D eigenvalue weighted by Gasteiger charge is -2.33. The molecule has 0 unspecified atom stereocenters. The fourth-order valence-corrected chi connectivity index (χ4v) is 10.3. The van der Waals surface area contributed by atoms with Crippen LogP contribution < -0.4 is 20.1 Å². The Morgan fingerprint density at radius 2 is 0.750 bits per heavy atom. The highest BCUT2D eigenvalue weighted by Gasteiger charge is 2.27.